The van der Waals surface area contributed by atoms with Crippen LogP contribution in [-0.4, -0.2) is 15.7 Å². The normalized spacial score (nSPS) is 10.2. The van der Waals surface area contributed by atoms with E-state index in [-0.39, 0.29) is 28.9 Å². The standard InChI is InChI=1S/C14H12FN5O/c1-8(2)21-14-4-12(10(18)3-9(14)15)20-7-19-11(5-16)13(20)6-17/h3-4,7-8H,18H2,1-2H3. The van der Waals surface area contributed by atoms with Gasteiger partial charge < -0.3 is 10.5 Å². The van der Waals surface area contributed by atoms with Crippen molar-refractivity contribution in [3.8, 4) is 23.6 Å². The van der Waals surface area contributed by atoms with E-state index in [1.807, 2.05) is 12.1 Å². The maximum absolute atomic E-state index is 13.8. The van der Waals surface area contributed by atoms with Crippen LogP contribution in [0.4, 0.5) is 10.1 Å². The van der Waals surface area contributed by atoms with Gasteiger partial charge in [-0.05, 0) is 13.8 Å². The molecule has 1 aromatic carbocycles. The number of nitrogens with two attached hydrogens (primary N) is 1. The number of nitrogen functional groups attached to an aromatic ring is 1. The number of nitrogens with zero attached hydrogens (tertiary/aromatic N) is 4. The van der Waals surface area contributed by atoms with Crippen LogP contribution in [0.3, 0.4) is 0 Å². The van der Waals surface area contributed by atoms with E-state index in [4.69, 9.17) is 21.0 Å². The number of nitriles is 2. The van der Waals surface area contributed by atoms with Crippen LogP contribution in [0, 0.1) is 28.5 Å². The summed E-state index contributed by atoms with van der Waals surface area (Å²) in [6.07, 6.45) is 1.07. The molecule has 1 heterocycles. The summed E-state index contributed by atoms with van der Waals surface area (Å²) in [6, 6.07) is 6.19. The molecular weight excluding hydrogens is 273 g/mol. The van der Waals surface area contributed by atoms with Crippen LogP contribution in [0.2, 0.25) is 0 Å². The highest BCUT2D eigenvalue weighted by Crippen LogP contribution is 2.29. The number of aromatic nitrogens is 2. The molecule has 2 N–H and O–H groups in total. The Morgan fingerprint density at radius 2 is 2.05 bits per heavy atom. The van der Waals surface area contributed by atoms with Gasteiger partial charge in [-0.2, -0.15) is 10.5 Å². The van der Waals surface area contributed by atoms with Crippen molar-refractivity contribution < 1.29 is 9.13 Å². The van der Waals surface area contributed by atoms with Crippen LogP contribution in [-0.2, 0) is 0 Å². The molecule has 21 heavy (non-hydrogen) atoms. The predicted molar refractivity (Wildman–Crippen MR) is 73.1 cm³/mol. The molecule has 0 atom stereocenters. The van der Waals surface area contributed by atoms with Crippen molar-refractivity contribution in [1.29, 1.82) is 10.5 Å². The summed E-state index contributed by atoms with van der Waals surface area (Å²) in [5.41, 5.74) is 6.25. The van der Waals surface area contributed by atoms with Gasteiger partial charge in [0.2, 0.25) is 0 Å². The first-order valence-electron chi connectivity index (χ1n) is 6.11. The Kier molecular flexibility index (Phi) is 3.77. The van der Waals surface area contributed by atoms with E-state index in [1.165, 1.54) is 17.0 Å². The van der Waals surface area contributed by atoms with E-state index in [0.717, 1.165) is 6.07 Å². The van der Waals surface area contributed by atoms with Crippen LogP contribution >= 0.6 is 0 Å². The lowest BCUT2D eigenvalue weighted by atomic mass is 10.2. The summed E-state index contributed by atoms with van der Waals surface area (Å²) in [7, 11) is 0. The first-order valence-corrected chi connectivity index (χ1v) is 6.11. The number of rotatable bonds is 3. The molecular formula is C14H12FN5O. The average molecular weight is 285 g/mol. The van der Waals surface area contributed by atoms with Crippen LogP contribution in [0.5, 0.6) is 5.75 Å². The lowest BCUT2D eigenvalue weighted by Crippen LogP contribution is -2.09. The minimum Gasteiger partial charge on any atom is -0.488 e. The number of hydrogen-bond donors (Lipinski definition) is 1. The second-order valence-corrected chi connectivity index (χ2v) is 4.54. The zero-order valence-corrected chi connectivity index (χ0v) is 11.5. The molecule has 1 aromatic heterocycles. The largest absolute Gasteiger partial charge is 0.488 e. The molecule has 0 bridgehead atoms. The highest BCUT2D eigenvalue weighted by atomic mass is 19.1. The van der Waals surface area contributed by atoms with Crippen molar-refractivity contribution in [3.63, 3.8) is 0 Å². The van der Waals surface area contributed by atoms with Crippen molar-refractivity contribution in [2.75, 3.05) is 5.73 Å². The smallest absolute Gasteiger partial charge is 0.177 e. The van der Waals surface area contributed by atoms with Gasteiger partial charge in [-0.25, -0.2) is 9.37 Å². The third-order valence-electron chi connectivity index (χ3n) is 2.68. The molecule has 106 valence electrons. The average Bonchev–Trinajstić information content (AvgIpc) is 2.84. The van der Waals surface area contributed by atoms with E-state index in [2.05, 4.69) is 4.98 Å². The number of benzene rings is 1. The molecule has 0 aliphatic heterocycles. The summed E-state index contributed by atoms with van der Waals surface area (Å²) in [6.45, 7) is 3.53. The lowest BCUT2D eigenvalue weighted by molar-refractivity contribution is 0.231. The third-order valence-corrected chi connectivity index (χ3v) is 2.68. The number of ether oxygens (including phenoxy) is 1. The van der Waals surface area contributed by atoms with Gasteiger partial charge in [-0.3, -0.25) is 4.57 Å². The molecule has 2 aromatic rings. The lowest BCUT2D eigenvalue weighted by Gasteiger charge is -2.14. The Morgan fingerprint density at radius 1 is 1.33 bits per heavy atom. The molecule has 0 aliphatic carbocycles. The number of imidazole rings is 1. The van der Waals surface area contributed by atoms with E-state index in [9.17, 15) is 4.39 Å². The zero-order valence-electron chi connectivity index (χ0n) is 11.5. The van der Waals surface area contributed by atoms with Gasteiger partial charge in [0.05, 0.1) is 17.5 Å². The maximum atomic E-state index is 13.8. The first kappa shape index (κ1) is 14.4. The van der Waals surface area contributed by atoms with E-state index in [0.29, 0.717) is 5.69 Å². The van der Waals surface area contributed by atoms with E-state index >= 15 is 0 Å². The van der Waals surface area contributed by atoms with Crippen molar-refractivity contribution in [2.45, 2.75) is 20.0 Å². The van der Waals surface area contributed by atoms with E-state index in [1.54, 1.807) is 13.8 Å². The minimum absolute atomic E-state index is 0.0188. The van der Waals surface area contributed by atoms with Crippen molar-refractivity contribution in [1.82, 2.24) is 9.55 Å². The second-order valence-electron chi connectivity index (χ2n) is 4.54. The van der Waals surface area contributed by atoms with Crippen LogP contribution < -0.4 is 10.5 Å². The molecule has 2 rings (SSSR count). The highest BCUT2D eigenvalue weighted by Gasteiger charge is 2.17. The molecule has 0 aliphatic rings. The summed E-state index contributed by atoms with van der Waals surface area (Å²) in [5.74, 6) is -0.575. The fraction of sp³-hybridized carbons (Fsp3) is 0.214. The Balaban J connectivity index is 2.62. The fourth-order valence-electron chi connectivity index (χ4n) is 1.83. The second kappa shape index (κ2) is 5.51. The molecule has 0 radical (unpaired) electrons. The highest BCUT2D eigenvalue weighted by molar-refractivity contribution is 5.63. The number of halogens is 1. The van der Waals surface area contributed by atoms with Crippen LogP contribution in [0.25, 0.3) is 5.69 Å². The van der Waals surface area contributed by atoms with Crippen LogP contribution in [0.1, 0.15) is 25.2 Å². The Hall–Kier alpha value is -3.06. The van der Waals surface area contributed by atoms with Gasteiger partial charge in [-0.1, -0.05) is 0 Å². The Morgan fingerprint density at radius 3 is 2.62 bits per heavy atom. The topological polar surface area (TPSA) is 101 Å². The van der Waals surface area contributed by atoms with Crippen LogP contribution in [0.15, 0.2) is 18.5 Å². The molecule has 0 spiro atoms. The van der Waals surface area contributed by atoms with Gasteiger partial charge in [0, 0.05) is 12.1 Å². The van der Waals surface area contributed by atoms with Crippen molar-refractivity contribution >= 4 is 5.69 Å². The monoisotopic (exact) mass is 285 g/mol. The quantitative estimate of drug-likeness (QED) is 0.870. The Bertz CT molecular complexity index is 767. The molecule has 6 nitrogen and oxygen atoms in total. The van der Waals surface area contributed by atoms with Gasteiger partial charge >= 0.3 is 0 Å². The summed E-state index contributed by atoms with van der Waals surface area (Å²) in [4.78, 5) is 3.83. The molecule has 0 amide bonds. The van der Waals surface area contributed by atoms with Crippen molar-refractivity contribution in [2.24, 2.45) is 0 Å². The predicted octanol–water partition coefficient (Wildman–Crippen LogP) is 2.12. The molecule has 7 heteroatoms. The van der Waals surface area contributed by atoms with Gasteiger partial charge in [0.25, 0.3) is 0 Å². The van der Waals surface area contributed by atoms with Gasteiger partial charge in [0.1, 0.15) is 18.5 Å². The Labute approximate surface area is 120 Å². The summed E-state index contributed by atoms with van der Waals surface area (Å²) < 4.78 is 20.5. The third kappa shape index (κ3) is 2.63. The fourth-order valence-corrected chi connectivity index (χ4v) is 1.83. The molecule has 0 unspecified atom stereocenters. The molecule has 0 saturated heterocycles. The van der Waals surface area contributed by atoms with Gasteiger partial charge in [0.15, 0.2) is 23.0 Å². The van der Waals surface area contributed by atoms with Crippen molar-refractivity contribution in [3.05, 3.63) is 35.7 Å². The number of hydrogen-bond acceptors (Lipinski definition) is 5. The van der Waals surface area contributed by atoms with Gasteiger partial charge in [-0.15, -0.1) is 0 Å². The minimum atomic E-state index is -0.593. The SMILES string of the molecule is CC(C)Oc1cc(-n2cnc(C#N)c2C#N)c(N)cc1F. The molecule has 0 saturated carbocycles. The summed E-state index contributed by atoms with van der Waals surface area (Å²) >= 11 is 0. The summed E-state index contributed by atoms with van der Waals surface area (Å²) in [5, 5.41) is 18.0. The zero-order chi connectivity index (χ0) is 15.6. The van der Waals surface area contributed by atoms with E-state index < -0.39 is 5.82 Å². The number of anilines is 1. The maximum Gasteiger partial charge on any atom is 0.177 e. The molecule has 0 fully saturated rings. The first-order chi connectivity index (χ1) is 9.97.